The molecule has 6 heteroatoms. The van der Waals surface area contributed by atoms with Gasteiger partial charge < -0.3 is 15.2 Å². The molecule has 2 rings (SSSR count). The topological polar surface area (TPSA) is 87.0 Å². The zero-order valence-electron chi connectivity index (χ0n) is 11.7. The predicted molar refractivity (Wildman–Crippen MR) is 75.3 cm³/mol. The summed E-state index contributed by atoms with van der Waals surface area (Å²) in [6.07, 6.45) is 1.46. The number of carbonyl (C=O) groups is 2. The Kier molecular flexibility index (Phi) is 4.71. The number of carboxylic acid groups (broad SMARTS) is 1. The first-order valence-electron chi connectivity index (χ1n) is 6.59. The van der Waals surface area contributed by atoms with Gasteiger partial charge in [-0.05, 0) is 17.9 Å². The molecule has 0 spiro atoms. The number of benzene rings is 1. The third-order valence-electron chi connectivity index (χ3n) is 3.20. The van der Waals surface area contributed by atoms with Gasteiger partial charge in [0.25, 0.3) is 0 Å². The van der Waals surface area contributed by atoms with Crippen molar-refractivity contribution in [2.45, 2.75) is 18.8 Å². The van der Waals surface area contributed by atoms with E-state index >= 15 is 0 Å². The summed E-state index contributed by atoms with van der Waals surface area (Å²) in [5, 5.41) is 17.5. The number of hydrogen-bond donors (Lipinski definition) is 1. The van der Waals surface area contributed by atoms with Gasteiger partial charge in [-0.25, -0.2) is 0 Å². The minimum atomic E-state index is -1.17. The van der Waals surface area contributed by atoms with E-state index in [1.807, 2.05) is 30.3 Å². The normalized spacial score (nSPS) is 11.9. The van der Waals surface area contributed by atoms with Crippen LogP contribution in [0.25, 0.3) is 0 Å². The minimum absolute atomic E-state index is 0.0726. The maximum atomic E-state index is 12.1. The molecular weight excluding hydrogens is 270 g/mol. The summed E-state index contributed by atoms with van der Waals surface area (Å²) in [7, 11) is 1.71. The van der Waals surface area contributed by atoms with Gasteiger partial charge in [-0.2, -0.15) is 5.10 Å². The molecule has 0 aliphatic carbocycles. The van der Waals surface area contributed by atoms with Crippen molar-refractivity contribution in [1.29, 1.82) is 0 Å². The Hall–Kier alpha value is -2.63. The van der Waals surface area contributed by atoms with Crippen LogP contribution in [0.1, 0.15) is 24.3 Å². The molecule has 1 atom stereocenters. The van der Waals surface area contributed by atoms with Crippen molar-refractivity contribution in [1.82, 2.24) is 9.78 Å². The molecule has 0 saturated carbocycles. The van der Waals surface area contributed by atoms with Gasteiger partial charge in [-0.1, -0.05) is 30.3 Å². The Labute approximate surface area is 122 Å². The van der Waals surface area contributed by atoms with Crippen molar-refractivity contribution in [2.24, 2.45) is 7.05 Å². The summed E-state index contributed by atoms with van der Waals surface area (Å²) in [6.45, 7) is 0. The lowest BCUT2D eigenvalue weighted by Gasteiger charge is -2.17. The zero-order chi connectivity index (χ0) is 15.2. The van der Waals surface area contributed by atoms with Crippen LogP contribution in [-0.4, -0.2) is 21.7 Å². The van der Waals surface area contributed by atoms with E-state index in [0.29, 0.717) is 5.82 Å². The summed E-state index contributed by atoms with van der Waals surface area (Å²) < 4.78 is 1.54. The van der Waals surface area contributed by atoms with Gasteiger partial charge >= 0.3 is 0 Å². The monoisotopic (exact) mass is 286 g/mol. The maximum absolute atomic E-state index is 12.1. The van der Waals surface area contributed by atoms with E-state index in [2.05, 4.69) is 10.4 Å². The van der Waals surface area contributed by atoms with Crippen molar-refractivity contribution in [3.05, 3.63) is 48.2 Å². The van der Waals surface area contributed by atoms with Crippen molar-refractivity contribution >= 4 is 17.7 Å². The number of rotatable bonds is 6. The number of nitrogens with one attached hydrogen (secondary N) is 1. The van der Waals surface area contributed by atoms with E-state index in [-0.39, 0.29) is 18.7 Å². The number of hydrogen-bond acceptors (Lipinski definition) is 4. The molecular formula is C15H16N3O3-. The summed E-state index contributed by atoms with van der Waals surface area (Å²) in [6, 6.07) is 10.8. The quantitative estimate of drug-likeness (QED) is 0.845. The molecule has 0 fully saturated rings. The number of amides is 1. The highest BCUT2D eigenvalue weighted by molar-refractivity contribution is 5.90. The molecule has 1 heterocycles. The van der Waals surface area contributed by atoms with Crippen molar-refractivity contribution < 1.29 is 14.7 Å². The van der Waals surface area contributed by atoms with E-state index in [9.17, 15) is 14.7 Å². The molecule has 2 aromatic rings. The van der Waals surface area contributed by atoms with Crippen LogP contribution in [0.3, 0.4) is 0 Å². The van der Waals surface area contributed by atoms with Crippen molar-refractivity contribution in [2.75, 3.05) is 5.32 Å². The van der Waals surface area contributed by atoms with E-state index < -0.39 is 11.9 Å². The largest absolute Gasteiger partial charge is 0.550 e. The van der Waals surface area contributed by atoms with Crippen LogP contribution in [0.2, 0.25) is 0 Å². The van der Waals surface area contributed by atoms with Crippen LogP contribution >= 0.6 is 0 Å². The third kappa shape index (κ3) is 4.17. The fourth-order valence-corrected chi connectivity index (χ4v) is 2.15. The molecule has 0 bridgehead atoms. The highest BCUT2D eigenvalue weighted by atomic mass is 16.4. The fourth-order valence-electron chi connectivity index (χ4n) is 2.15. The number of aromatic nitrogens is 2. The van der Waals surface area contributed by atoms with E-state index in [0.717, 1.165) is 5.56 Å². The lowest BCUT2D eigenvalue weighted by atomic mass is 9.92. The molecule has 0 radical (unpaired) electrons. The standard InChI is InChI=1S/C15H17N3O3/c1-18-13(7-8-16-18)17-14(19)9-12(10-15(20)21)11-5-3-2-4-6-11/h2-8,12H,9-10H2,1H3,(H,17,19)(H,20,21)/p-1/t12-/m1/s1. The molecule has 0 unspecified atom stereocenters. The molecule has 6 nitrogen and oxygen atoms in total. The Morgan fingerprint density at radius 1 is 1.24 bits per heavy atom. The number of anilines is 1. The van der Waals surface area contributed by atoms with Gasteiger partial charge in [-0.15, -0.1) is 0 Å². The van der Waals surface area contributed by atoms with E-state index in [4.69, 9.17) is 0 Å². The fraction of sp³-hybridized carbons (Fsp3) is 0.267. The molecule has 1 N–H and O–H groups in total. The second kappa shape index (κ2) is 6.69. The molecule has 0 aliphatic heterocycles. The first-order valence-corrected chi connectivity index (χ1v) is 6.59. The van der Waals surface area contributed by atoms with Crippen LogP contribution in [0, 0.1) is 0 Å². The van der Waals surface area contributed by atoms with Crippen LogP contribution in [0.5, 0.6) is 0 Å². The van der Waals surface area contributed by atoms with Gasteiger partial charge in [-0.3, -0.25) is 9.48 Å². The summed E-state index contributed by atoms with van der Waals surface area (Å²) in [5.74, 6) is -1.27. The van der Waals surface area contributed by atoms with Gasteiger partial charge in [0.2, 0.25) is 5.91 Å². The van der Waals surface area contributed by atoms with E-state index in [1.54, 1.807) is 19.3 Å². The second-order valence-corrected chi connectivity index (χ2v) is 4.78. The minimum Gasteiger partial charge on any atom is -0.550 e. The predicted octanol–water partition coefficient (Wildman–Crippen LogP) is 0.672. The molecule has 21 heavy (non-hydrogen) atoms. The summed E-state index contributed by atoms with van der Waals surface area (Å²) in [5.41, 5.74) is 0.807. The Bertz CT molecular complexity index is 622. The highest BCUT2D eigenvalue weighted by Crippen LogP contribution is 2.23. The average molecular weight is 286 g/mol. The van der Waals surface area contributed by atoms with E-state index in [1.165, 1.54) is 4.68 Å². The number of carboxylic acids is 1. The van der Waals surface area contributed by atoms with Gasteiger partial charge in [0.15, 0.2) is 0 Å². The van der Waals surface area contributed by atoms with Gasteiger partial charge in [0, 0.05) is 25.5 Å². The molecule has 0 aliphatic rings. The SMILES string of the molecule is Cn1nccc1NC(=O)C[C@H](CC(=O)[O-])c1ccccc1. The van der Waals surface area contributed by atoms with Gasteiger partial charge in [0.1, 0.15) is 5.82 Å². The summed E-state index contributed by atoms with van der Waals surface area (Å²) >= 11 is 0. The highest BCUT2D eigenvalue weighted by Gasteiger charge is 2.17. The number of nitrogens with zero attached hydrogens (tertiary/aromatic N) is 2. The molecule has 0 saturated heterocycles. The molecule has 110 valence electrons. The Balaban J connectivity index is 2.06. The van der Waals surface area contributed by atoms with Crippen LogP contribution in [0.4, 0.5) is 5.82 Å². The van der Waals surface area contributed by atoms with Crippen molar-refractivity contribution in [3.8, 4) is 0 Å². The first kappa shape index (κ1) is 14.8. The Morgan fingerprint density at radius 2 is 1.95 bits per heavy atom. The first-order chi connectivity index (χ1) is 10.1. The molecule has 1 aromatic heterocycles. The smallest absolute Gasteiger partial charge is 0.226 e. The number of aliphatic carboxylic acids is 1. The van der Waals surface area contributed by atoms with Crippen LogP contribution in [-0.2, 0) is 16.6 Å². The number of aryl methyl sites for hydroxylation is 1. The lowest BCUT2D eigenvalue weighted by molar-refractivity contribution is -0.306. The Morgan fingerprint density at radius 3 is 2.52 bits per heavy atom. The lowest BCUT2D eigenvalue weighted by Crippen LogP contribution is -2.26. The molecule has 1 aromatic carbocycles. The zero-order valence-corrected chi connectivity index (χ0v) is 11.7. The third-order valence-corrected chi connectivity index (χ3v) is 3.20. The average Bonchev–Trinajstić information content (AvgIpc) is 2.84. The summed E-state index contributed by atoms with van der Waals surface area (Å²) in [4.78, 5) is 22.9. The maximum Gasteiger partial charge on any atom is 0.226 e. The van der Waals surface area contributed by atoms with Crippen molar-refractivity contribution in [3.63, 3.8) is 0 Å². The van der Waals surface area contributed by atoms with Crippen LogP contribution in [0.15, 0.2) is 42.6 Å². The number of carbonyl (C=O) groups excluding carboxylic acids is 2. The van der Waals surface area contributed by atoms with Crippen LogP contribution < -0.4 is 10.4 Å². The molecule has 1 amide bonds. The van der Waals surface area contributed by atoms with Gasteiger partial charge in [0.05, 0.1) is 6.20 Å². The second-order valence-electron chi connectivity index (χ2n) is 4.78.